The fourth-order valence-electron chi connectivity index (χ4n) is 2.87. The van der Waals surface area contributed by atoms with Crippen LogP contribution in [0.15, 0.2) is 78.9 Å². The molecule has 3 rings (SSSR count). The molecule has 0 saturated carbocycles. The third kappa shape index (κ3) is 4.84. The number of benzene rings is 3. The number of amides is 2. The van der Waals surface area contributed by atoms with Gasteiger partial charge >= 0.3 is 0 Å². The van der Waals surface area contributed by atoms with Crippen LogP contribution in [0, 0.1) is 10.1 Å². The number of hydrogen-bond donors (Lipinski definition) is 1. The van der Waals surface area contributed by atoms with Crippen molar-refractivity contribution in [3.05, 3.63) is 106 Å². The van der Waals surface area contributed by atoms with E-state index < -0.39 is 10.8 Å². The molecule has 3 aromatic carbocycles. The third-order valence-electron chi connectivity index (χ3n) is 4.33. The summed E-state index contributed by atoms with van der Waals surface area (Å²) in [5.41, 5.74) is 1.63. The van der Waals surface area contributed by atoms with Gasteiger partial charge in [0.05, 0.1) is 16.2 Å². The van der Waals surface area contributed by atoms with Crippen molar-refractivity contribution in [3.8, 4) is 0 Å². The zero-order chi connectivity index (χ0) is 20.8. The fraction of sp³-hybridized carbons (Fsp3) is 0.0909. The molecule has 0 atom stereocenters. The minimum Gasteiger partial charge on any atom is -0.337 e. The molecule has 146 valence electrons. The van der Waals surface area contributed by atoms with Gasteiger partial charge in [0, 0.05) is 31.3 Å². The topological polar surface area (TPSA) is 92.6 Å². The van der Waals surface area contributed by atoms with E-state index in [4.69, 9.17) is 0 Å². The quantitative estimate of drug-likeness (QED) is 0.507. The highest BCUT2D eigenvalue weighted by Crippen LogP contribution is 2.20. The van der Waals surface area contributed by atoms with Crippen LogP contribution in [0.25, 0.3) is 0 Å². The van der Waals surface area contributed by atoms with E-state index in [1.54, 1.807) is 36.2 Å². The Morgan fingerprint density at radius 1 is 0.966 bits per heavy atom. The lowest BCUT2D eigenvalue weighted by Crippen LogP contribution is -2.27. The highest BCUT2D eigenvalue weighted by Gasteiger charge is 2.18. The number of nitro groups is 1. The number of non-ortho nitro benzene ring substituents is 1. The summed E-state index contributed by atoms with van der Waals surface area (Å²) in [5, 5.41) is 13.6. The summed E-state index contributed by atoms with van der Waals surface area (Å²) in [6, 6.07) is 21.7. The second-order valence-corrected chi connectivity index (χ2v) is 6.45. The van der Waals surface area contributed by atoms with Crippen molar-refractivity contribution in [1.82, 2.24) is 4.90 Å². The van der Waals surface area contributed by atoms with E-state index in [0.717, 1.165) is 5.56 Å². The first-order valence-corrected chi connectivity index (χ1v) is 8.90. The lowest BCUT2D eigenvalue weighted by molar-refractivity contribution is -0.384. The van der Waals surface area contributed by atoms with Crippen molar-refractivity contribution in [2.24, 2.45) is 0 Å². The summed E-state index contributed by atoms with van der Waals surface area (Å²) >= 11 is 0. The summed E-state index contributed by atoms with van der Waals surface area (Å²) in [6.45, 7) is 0.423. The standard InChI is InChI=1S/C22H19N3O4/c1-24(15-16-8-3-2-4-9-16)22(27)19-12-5-6-13-20(19)23-21(26)17-10-7-11-18(14-17)25(28)29/h2-14H,15H2,1H3,(H,23,26). The molecule has 0 fully saturated rings. The zero-order valence-corrected chi connectivity index (χ0v) is 15.7. The fourth-order valence-corrected chi connectivity index (χ4v) is 2.87. The monoisotopic (exact) mass is 389 g/mol. The predicted octanol–water partition coefficient (Wildman–Crippen LogP) is 4.12. The number of nitro benzene ring substituents is 1. The van der Waals surface area contributed by atoms with Crippen LogP contribution in [-0.2, 0) is 6.54 Å². The molecule has 0 aliphatic heterocycles. The molecule has 29 heavy (non-hydrogen) atoms. The van der Waals surface area contributed by atoms with Crippen molar-refractivity contribution < 1.29 is 14.5 Å². The molecule has 0 unspecified atom stereocenters. The number of carbonyl (C=O) groups is 2. The molecule has 0 aliphatic rings. The van der Waals surface area contributed by atoms with E-state index in [0.29, 0.717) is 17.8 Å². The van der Waals surface area contributed by atoms with Gasteiger partial charge in [-0.15, -0.1) is 0 Å². The second kappa shape index (κ2) is 8.79. The average Bonchev–Trinajstić information content (AvgIpc) is 2.74. The average molecular weight is 389 g/mol. The molecule has 3 aromatic rings. The number of nitrogens with zero attached hydrogens (tertiary/aromatic N) is 2. The second-order valence-electron chi connectivity index (χ2n) is 6.45. The molecule has 7 nitrogen and oxygen atoms in total. The van der Waals surface area contributed by atoms with E-state index in [-0.39, 0.29) is 17.2 Å². The first-order valence-electron chi connectivity index (χ1n) is 8.90. The van der Waals surface area contributed by atoms with E-state index in [9.17, 15) is 19.7 Å². The Morgan fingerprint density at radius 3 is 2.38 bits per heavy atom. The first kappa shape index (κ1) is 19.8. The molecular weight excluding hydrogens is 370 g/mol. The Morgan fingerprint density at radius 2 is 1.66 bits per heavy atom. The molecule has 0 bridgehead atoms. The maximum Gasteiger partial charge on any atom is 0.270 e. The minimum absolute atomic E-state index is 0.138. The molecule has 0 heterocycles. The number of nitrogens with one attached hydrogen (secondary N) is 1. The highest BCUT2D eigenvalue weighted by molar-refractivity contribution is 6.09. The summed E-state index contributed by atoms with van der Waals surface area (Å²) < 4.78 is 0. The van der Waals surface area contributed by atoms with Gasteiger partial charge < -0.3 is 10.2 Å². The van der Waals surface area contributed by atoms with Gasteiger partial charge in [0.1, 0.15) is 0 Å². The smallest absolute Gasteiger partial charge is 0.270 e. The van der Waals surface area contributed by atoms with Crippen molar-refractivity contribution >= 4 is 23.2 Å². The van der Waals surface area contributed by atoms with E-state index >= 15 is 0 Å². The Hall–Kier alpha value is -4.00. The summed E-state index contributed by atoms with van der Waals surface area (Å²) in [6.07, 6.45) is 0. The molecule has 2 amide bonds. The van der Waals surface area contributed by atoms with Crippen LogP contribution >= 0.6 is 0 Å². The predicted molar refractivity (Wildman–Crippen MR) is 110 cm³/mol. The maximum absolute atomic E-state index is 12.9. The van der Waals surface area contributed by atoms with Gasteiger partial charge in [-0.1, -0.05) is 48.5 Å². The van der Waals surface area contributed by atoms with E-state index in [1.807, 2.05) is 30.3 Å². The molecule has 0 aromatic heterocycles. The SMILES string of the molecule is CN(Cc1ccccc1)C(=O)c1ccccc1NC(=O)c1cccc([N+](=O)[O-])c1. The van der Waals surface area contributed by atoms with Gasteiger partial charge in [-0.25, -0.2) is 0 Å². The van der Waals surface area contributed by atoms with Crippen molar-refractivity contribution in [2.75, 3.05) is 12.4 Å². The Labute approximate surface area is 167 Å². The van der Waals surface area contributed by atoms with Crippen LogP contribution in [0.4, 0.5) is 11.4 Å². The van der Waals surface area contributed by atoms with Crippen LogP contribution in [-0.4, -0.2) is 28.7 Å². The van der Waals surface area contributed by atoms with E-state index in [2.05, 4.69) is 5.32 Å². The normalized spacial score (nSPS) is 10.2. The summed E-state index contributed by atoms with van der Waals surface area (Å²) in [5.74, 6) is -0.775. The van der Waals surface area contributed by atoms with Gasteiger partial charge in [0.2, 0.25) is 0 Å². The number of para-hydroxylation sites is 1. The Balaban J connectivity index is 1.79. The number of anilines is 1. The number of hydrogen-bond acceptors (Lipinski definition) is 4. The van der Waals surface area contributed by atoms with Gasteiger partial charge in [0.25, 0.3) is 17.5 Å². The van der Waals surface area contributed by atoms with Crippen molar-refractivity contribution in [1.29, 1.82) is 0 Å². The van der Waals surface area contributed by atoms with Crippen LogP contribution < -0.4 is 5.32 Å². The summed E-state index contributed by atoms with van der Waals surface area (Å²) in [4.78, 5) is 37.4. The molecule has 0 aliphatic carbocycles. The number of rotatable bonds is 6. The molecule has 0 spiro atoms. The third-order valence-corrected chi connectivity index (χ3v) is 4.33. The van der Waals surface area contributed by atoms with Gasteiger partial charge in [-0.05, 0) is 23.8 Å². The lowest BCUT2D eigenvalue weighted by atomic mass is 10.1. The maximum atomic E-state index is 12.9. The van der Waals surface area contributed by atoms with Crippen LogP contribution in [0.3, 0.4) is 0 Å². The van der Waals surface area contributed by atoms with Crippen molar-refractivity contribution in [3.63, 3.8) is 0 Å². The van der Waals surface area contributed by atoms with Crippen molar-refractivity contribution in [2.45, 2.75) is 6.54 Å². The Kier molecular flexibility index (Phi) is 5.99. The van der Waals surface area contributed by atoms with Gasteiger partial charge in [0.15, 0.2) is 0 Å². The van der Waals surface area contributed by atoms with Gasteiger partial charge in [-0.3, -0.25) is 19.7 Å². The van der Waals surface area contributed by atoms with Crippen LogP contribution in [0.1, 0.15) is 26.3 Å². The van der Waals surface area contributed by atoms with Gasteiger partial charge in [-0.2, -0.15) is 0 Å². The number of carbonyl (C=O) groups excluding carboxylic acids is 2. The summed E-state index contributed by atoms with van der Waals surface area (Å²) in [7, 11) is 1.69. The van der Waals surface area contributed by atoms with Crippen LogP contribution in [0.2, 0.25) is 0 Å². The first-order chi connectivity index (χ1) is 14.0. The highest BCUT2D eigenvalue weighted by atomic mass is 16.6. The lowest BCUT2D eigenvalue weighted by Gasteiger charge is -2.19. The zero-order valence-electron chi connectivity index (χ0n) is 15.7. The Bertz CT molecular complexity index is 1050. The molecular formula is C22H19N3O4. The molecule has 1 N–H and O–H groups in total. The van der Waals surface area contributed by atoms with Crippen LogP contribution in [0.5, 0.6) is 0 Å². The molecule has 0 saturated heterocycles. The molecule has 7 heteroatoms. The van der Waals surface area contributed by atoms with E-state index in [1.165, 1.54) is 24.3 Å². The minimum atomic E-state index is -0.563. The largest absolute Gasteiger partial charge is 0.337 e. The molecule has 0 radical (unpaired) electrons.